The van der Waals surface area contributed by atoms with Crippen LogP contribution in [0.15, 0.2) is 18.5 Å². The van der Waals surface area contributed by atoms with E-state index >= 15 is 0 Å². The summed E-state index contributed by atoms with van der Waals surface area (Å²) in [6.07, 6.45) is 5.83. The summed E-state index contributed by atoms with van der Waals surface area (Å²) in [6.45, 7) is 8.46. The Balaban J connectivity index is 2.97. The number of aromatic nitrogens is 1. The molecule has 0 amide bonds. The first-order valence-corrected chi connectivity index (χ1v) is 6.67. The molecule has 0 bridgehead atoms. The average molecular weight is 248 g/mol. The van der Waals surface area contributed by atoms with Gasteiger partial charge in [-0.15, -0.1) is 0 Å². The van der Waals surface area contributed by atoms with Gasteiger partial charge in [0.15, 0.2) is 0 Å². The summed E-state index contributed by atoms with van der Waals surface area (Å²) in [5, 5.41) is 7.64. The smallest absolute Gasteiger partial charge is 0.125 e. The third-order valence-electron chi connectivity index (χ3n) is 3.45. The first-order valence-electron chi connectivity index (χ1n) is 6.67. The molecular formula is C14H24N4. The van der Waals surface area contributed by atoms with Crippen molar-refractivity contribution >= 4 is 11.5 Å². The van der Waals surface area contributed by atoms with Crippen molar-refractivity contribution in [2.24, 2.45) is 11.7 Å². The number of pyridine rings is 1. The second-order valence-electron chi connectivity index (χ2n) is 4.53. The first-order chi connectivity index (χ1) is 8.63. The van der Waals surface area contributed by atoms with Crippen molar-refractivity contribution in [3.8, 4) is 0 Å². The van der Waals surface area contributed by atoms with Crippen molar-refractivity contribution in [1.82, 2.24) is 4.98 Å². The van der Waals surface area contributed by atoms with Crippen LogP contribution in [0.4, 0.5) is 5.69 Å². The molecule has 0 atom stereocenters. The molecule has 1 aromatic rings. The van der Waals surface area contributed by atoms with E-state index in [1.165, 1.54) is 12.8 Å². The number of nitrogen functional groups attached to an aromatic ring is 1. The molecule has 0 aliphatic carbocycles. The zero-order chi connectivity index (χ0) is 13.5. The van der Waals surface area contributed by atoms with E-state index in [4.69, 9.17) is 11.1 Å². The highest BCUT2D eigenvalue weighted by Crippen LogP contribution is 2.21. The molecule has 0 fully saturated rings. The van der Waals surface area contributed by atoms with Crippen molar-refractivity contribution in [3.63, 3.8) is 0 Å². The lowest BCUT2D eigenvalue weighted by Crippen LogP contribution is -2.31. The second-order valence-corrected chi connectivity index (χ2v) is 4.53. The summed E-state index contributed by atoms with van der Waals surface area (Å²) in [5.41, 5.74) is 7.38. The largest absolute Gasteiger partial charge is 0.384 e. The Bertz CT molecular complexity index is 385. The fraction of sp³-hybridized carbons (Fsp3) is 0.571. The highest BCUT2D eigenvalue weighted by Gasteiger charge is 2.15. The number of nitrogens with two attached hydrogens (primary N) is 1. The van der Waals surface area contributed by atoms with E-state index in [1.807, 2.05) is 12.3 Å². The van der Waals surface area contributed by atoms with Gasteiger partial charge in [0.1, 0.15) is 5.84 Å². The van der Waals surface area contributed by atoms with Gasteiger partial charge in [0.05, 0.1) is 11.9 Å². The summed E-state index contributed by atoms with van der Waals surface area (Å²) >= 11 is 0. The predicted octanol–water partition coefficient (Wildman–Crippen LogP) is 2.63. The van der Waals surface area contributed by atoms with E-state index in [1.54, 1.807) is 6.20 Å². The van der Waals surface area contributed by atoms with Gasteiger partial charge in [-0.1, -0.05) is 26.7 Å². The number of nitrogens with zero attached hydrogens (tertiary/aromatic N) is 2. The molecule has 100 valence electrons. The molecule has 0 radical (unpaired) electrons. The molecule has 0 unspecified atom stereocenters. The minimum absolute atomic E-state index is 0.107. The lowest BCUT2D eigenvalue weighted by atomic mass is 10.0. The fourth-order valence-corrected chi connectivity index (χ4v) is 2.12. The van der Waals surface area contributed by atoms with Gasteiger partial charge in [-0.2, -0.15) is 0 Å². The van der Waals surface area contributed by atoms with E-state index in [0.29, 0.717) is 5.92 Å². The van der Waals surface area contributed by atoms with Crippen LogP contribution in [-0.4, -0.2) is 23.9 Å². The third kappa shape index (κ3) is 3.45. The van der Waals surface area contributed by atoms with Crippen LogP contribution in [0, 0.1) is 11.3 Å². The van der Waals surface area contributed by atoms with Gasteiger partial charge >= 0.3 is 0 Å². The maximum atomic E-state index is 7.64. The lowest BCUT2D eigenvalue weighted by molar-refractivity contribution is 0.486. The molecule has 1 aromatic heterocycles. The molecular weight excluding hydrogens is 224 g/mol. The van der Waals surface area contributed by atoms with E-state index < -0.39 is 0 Å². The second kappa shape index (κ2) is 6.99. The molecule has 18 heavy (non-hydrogen) atoms. The summed E-state index contributed by atoms with van der Waals surface area (Å²) < 4.78 is 0. The zero-order valence-electron chi connectivity index (χ0n) is 11.6. The Hall–Kier alpha value is -1.58. The van der Waals surface area contributed by atoms with Crippen LogP contribution in [0.2, 0.25) is 0 Å². The van der Waals surface area contributed by atoms with Crippen LogP contribution < -0.4 is 10.6 Å². The van der Waals surface area contributed by atoms with Crippen molar-refractivity contribution < 1.29 is 0 Å². The molecule has 0 aliphatic heterocycles. The Morgan fingerprint density at radius 3 is 2.56 bits per heavy atom. The van der Waals surface area contributed by atoms with Crippen LogP contribution in [0.3, 0.4) is 0 Å². The van der Waals surface area contributed by atoms with Crippen LogP contribution in [0.25, 0.3) is 0 Å². The summed E-state index contributed by atoms with van der Waals surface area (Å²) in [7, 11) is 0. The predicted molar refractivity (Wildman–Crippen MR) is 77.2 cm³/mol. The van der Waals surface area contributed by atoms with Crippen molar-refractivity contribution in [1.29, 1.82) is 5.41 Å². The van der Waals surface area contributed by atoms with Crippen LogP contribution in [-0.2, 0) is 0 Å². The summed E-state index contributed by atoms with van der Waals surface area (Å²) in [6, 6.07) is 1.81. The maximum absolute atomic E-state index is 7.64. The standard InChI is InChI=1S/C14H24N4/c1-4-11(5-2)10-18(6-3)13-9-17-8-7-12(13)14(15)16/h7-9,11H,4-6,10H2,1-3H3,(H3,15,16). The monoisotopic (exact) mass is 248 g/mol. The summed E-state index contributed by atoms with van der Waals surface area (Å²) in [4.78, 5) is 6.43. The van der Waals surface area contributed by atoms with Crippen LogP contribution in [0.5, 0.6) is 0 Å². The maximum Gasteiger partial charge on any atom is 0.125 e. The normalized spacial score (nSPS) is 10.7. The van der Waals surface area contributed by atoms with Crippen LogP contribution in [0.1, 0.15) is 39.2 Å². The van der Waals surface area contributed by atoms with E-state index in [0.717, 1.165) is 24.3 Å². The molecule has 1 heterocycles. The quantitative estimate of drug-likeness (QED) is 0.576. The van der Waals surface area contributed by atoms with E-state index in [2.05, 4.69) is 30.7 Å². The molecule has 0 spiro atoms. The Morgan fingerprint density at radius 1 is 1.39 bits per heavy atom. The average Bonchev–Trinajstić information content (AvgIpc) is 2.40. The molecule has 0 aliphatic rings. The molecule has 0 aromatic carbocycles. The van der Waals surface area contributed by atoms with Gasteiger partial charge in [0, 0.05) is 24.8 Å². The molecule has 4 heteroatoms. The van der Waals surface area contributed by atoms with Crippen molar-refractivity contribution in [2.75, 3.05) is 18.0 Å². The SMILES string of the molecule is CCC(CC)CN(CC)c1cnccc1C(=N)N. The molecule has 0 saturated heterocycles. The number of nitrogens with one attached hydrogen (secondary N) is 1. The van der Waals surface area contributed by atoms with Gasteiger partial charge in [-0.3, -0.25) is 10.4 Å². The molecule has 0 saturated carbocycles. The van der Waals surface area contributed by atoms with Gasteiger partial charge in [0.25, 0.3) is 0 Å². The fourth-order valence-electron chi connectivity index (χ4n) is 2.12. The zero-order valence-corrected chi connectivity index (χ0v) is 11.6. The molecule has 4 nitrogen and oxygen atoms in total. The molecule has 3 N–H and O–H groups in total. The topological polar surface area (TPSA) is 66.0 Å². The molecule has 1 rings (SSSR count). The minimum Gasteiger partial charge on any atom is -0.384 e. The van der Waals surface area contributed by atoms with Gasteiger partial charge in [0.2, 0.25) is 0 Å². The van der Waals surface area contributed by atoms with Crippen LogP contribution >= 0.6 is 0 Å². The number of hydrogen-bond donors (Lipinski definition) is 2. The third-order valence-corrected chi connectivity index (χ3v) is 3.45. The van der Waals surface area contributed by atoms with Gasteiger partial charge in [-0.05, 0) is 18.9 Å². The number of rotatable bonds is 7. The first kappa shape index (κ1) is 14.5. The van der Waals surface area contributed by atoms with Gasteiger partial charge in [-0.25, -0.2) is 0 Å². The van der Waals surface area contributed by atoms with Crippen molar-refractivity contribution in [3.05, 3.63) is 24.0 Å². The van der Waals surface area contributed by atoms with Gasteiger partial charge < -0.3 is 10.6 Å². The highest BCUT2D eigenvalue weighted by atomic mass is 15.1. The highest BCUT2D eigenvalue weighted by molar-refractivity contribution is 6.00. The van der Waals surface area contributed by atoms with Crippen molar-refractivity contribution in [2.45, 2.75) is 33.6 Å². The number of anilines is 1. The van der Waals surface area contributed by atoms with E-state index in [-0.39, 0.29) is 5.84 Å². The Labute approximate surface area is 110 Å². The minimum atomic E-state index is 0.107. The Kier molecular flexibility index (Phi) is 5.62. The number of amidine groups is 1. The Morgan fingerprint density at radius 2 is 2.06 bits per heavy atom. The lowest BCUT2D eigenvalue weighted by Gasteiger charge is -2.28. The number of hydrogen-bond acceptors (Lipinski definition) is 3. The van der Waals surface area contributed by atoms with E-state index in [9.17, 15) is 0 Å². The summed E-state index contributed by atoms with van der Waals surface area (Å²) in [5.74, 6) is 0.778.